The first kappa shape index (κ1) is 19.2. The molecule has 5 nitrogen and oxygen atoms in total. The molecule has 142 valence electrons. The van der Waals surface area contributed by atoms with Gasteiger partial charge in [-0.15, -0.1) is 11.8 Å². The van der Waals surface area contributed by atoms with E-state index in [0.29, 0.717) is 11.4 Å². The van der Waals surface area contributed by atoms with Crippen LogP contribution in [-0.2, 0) is 9.59 Å². The van der Waals surface area contributed by atoms with Gasteiger partial charge in [0.05, 0.1) is 12.4 Å². The van der Waals surface area contributed by atoms with Crippen LogP contribution in [0.3, 0.4) is 0 Å². The summed E-state index contributed by atoms with van der Waals surface area (Å²) in [7, 11) is 1.60. The van der Waals surface area contributed by atoms with Crippen molar-refractivity contribution in [2.75, 3.05) is 19.0 Å². The van der Waals surface area contributed by atoms with Crippen molar-refractivity contribution < 1.29 is 18.7 Å². The predicted octanol–water partition coefficient (Wildman–Crippen LogP) is 3.83. The Balaban J connectivity index is 1.69. The maximum Gasteiger partial charge on any atom is 0.236 e. The number of thioether (sulfide) groups is 1. The van der Waals surface area contributed by atoms with Gasteiger partial charge in [-0.2, -0.15) is 0 Å². The van der Waals surface area contributed by atoms with Crippen LogP contribution in [-0.4, -0.2) is 35.6 Å². The molecule has 1 N–H and O–H groups in total. The molecule has 2 atom stereocenters. The SMILES string of the molecule is COc1ccccc1[C@@H]1S[C@H](C)C(=O)N1CCC(=O)Nc1cccc(F)c1. The third kappa shape index (κ3) is 4.42. The van der Waals surface area contributed by atoms with Crippen LogP contribution in [0.2, 0.25) is 0 Å². The number of hydrogen-bond donors (Lipinski definition) is 1. The lowest BCUT2D eigenvalue weighted by Gasteiger charge is -2.25. The minimum atomic E-state index is -0.413. The number of hydrogen-bond acceptors (Lipinski definition) is 4. The minimum Gasteiger partial charge on any atom is -0.496 e. The lowest BCUT2D eigenvalue weighted by Crippen LogP contribution is -2.33. The van der Waals surface area contributed by atoms with E-state index in [1.165, 1.54) is 30.0 Å². The highest BCUT2D eigenvalue weighted by Gasteiger charge is 2.39. The standard InChI is InChI=1S/C20H21FN2O3S/c1-13-19(25)23(20(27-13)16-8-3-4-9-17(16)26-2)11-10-18(24)22-15-7-5-6-14(21)12-15/h3-9,12-13,20H,10-11H2,1-2H3,(H,22,24)/t13-,20+/m1/s1. The Kier molecular flexibility index (Phi) is 6.01. The highest BCUT2D eigenvalue weighted by Crippen LogP contribution is 2.45. The molecular weight excluding hydrogens is 367 g/mol. The molecule has 27 heavy (non-hydrogen) atoms. The second-order valence-corrected chi connectivity index (χ2v) is 7.64. The summed E-state index contributed by atoms with van der Waals surface area (Å²) in [5.41, 5.74) is 1.31. The normalized spacial score (nSPS) is 19.2. The highest BCUT2D eigenvalue weighted by atomic mass is 32.2. The zero-order valence-corrected chi connectivity index (χ0v) is 16.0. The van der Waals surface area contributed by atoms with Crippen molar-refractivity contribution in [1.82, 2.24) is 4.90 Å². The average molecular weight is 388 g/mol. The Morgan fingerprint density at radius 2 is 2.04 bits per heavy atom. The minimum absolute atomic E-state index is 0.00513. The second-order valence-electron chi connectivity index (χ2n) is 6.21. The predicted molar refractivity (Wildman–Crippen MR) is 104 cm³/mol. The van der Waals surface area contributed by atoms with E-state index in [1.54, 1.807) is 18.1 Å². The van der Waals surface area contributed by atoms with E-state index in [9.17, 15) is 14.0 Å². The summed E-state index contributed by atoms with van der Waals surface area (Å²) >= 11 is 1.54. The third-order valence-electron chi connectivity index (χ3n) is 4.34. The highest BCUT2D eigenvalue weighted by molar-refractivity contribution is 8.01. The molecule has 1 heterocycles. The van der Waals surface area contributed by atoms with Crippen molar-refractivity contribution in [3.8, 4) is 5.75 Å². The molecule has 0 saturated carbocycles. The molecule has 2 amide bonds. The van der Waals surface area contributed by atoms with Gasteiger partial charge >= 0.3 is 0 Å². The summed E-state index contributed by atoms with van der Waals surface area (Å²) in [6, 6.07) is 13.3. The van der Waals surface area contributed by atoms with Gasteiger partial charge in [-0.1, -0.05) is 24.3 Å². The van der Waals surface area contributed by atoms with Gasteiger partial charge in [-0.3, -0.25) is 9.59 Å². The van der Waals surface area contributed by atoms with Crippen LogP contribution in [0.4, 0.5) is 10.1 Å². The van der Waals surface area contributed by atoms with Crippen LogP contribution in [0.1, 0.15) is 24.3 Å². The van der Waals surface area contributed by atoms with Crippen LogP contribution in [0, 0.1) is 5.82 Å². The number of carbonyl (C=O) groups excluding carboxylic acids is 2. The summed E-state index contributed by atoms with van der Waals surface area (Å²) in [5, 5.41) is 2.27. The first-order valence-electron chi connectivity index (χ1n) is 8.64. The Morgan fingerprint density at radius 1 is 1.26 bits per heavy atom. The van der Waals surface area contributed by atoms with Crippen LogP contribution < -0.4 is 10.1 Å². The van der Waals surface area contributed by atoms with Crippen molar-refractivity contribution in [1.29, 1.82) is 0 Å². The van der Waals surface area contributed by atoms with E-state index in [1.807, 2.05) is 31.2 Å². The average Bonchev–Trinajstić information content (AvgIpc) is 2.94. The molecule has 7 heteroatoms. The van der Waals surface area contributed by atoms with E-state index in [4.69, 9.17) is 4.74 Å². The van der Waals surface area contributed by atoms with Gasteiger partial charge in [-0.25, -0.2) is 4.39 Å². The quantitative estimate of drug-likeness (QED) is 0.817. The zero-order valence-electron chi connectivity index (χ0n) is 15.1. The topological polar surface area (TPSA) is 58.6 Å². The number of carbonyl (C=O) groups is 2. The largest absolute Gasteiger partial charge is 0.496 e. The van der Waals surface area contributed by atoms with Gasteiger partial charge < -0.3 is 15.0 Å². The summed E-state index contributed by atoms with van der Waals surface area (Å²) in [6.45, 7) is 2.14. The summed E-state index contributed by atoms with van der Waals surface area (Å²) < 4.78 is 18.7. The number of methoxy groups -OCH3 is 1. The smallest absolute Gasteiger partial charge is 0.236 e. The van der Waals surface area contributed by atoms with Crippen LogP contribution in [0.15, 0.2) is 48.5 Å². The molecule has 2 aromatic carbocycles. The monoisotopic (exact) mass is 388 g/mol. The van der Waals surface area contributed by atoms with Crippen LogP contribution in [0.25, 0.3) is 0 Å². The molecule has 3 rings (SSSR count). The lowest BCUT2D eigenvalue weighted by molar-refractivity contribution is -0.130. The fourth-order valence-electron chi connectivity index (χ4n) is 3.02. The molecule has 1 saturated heterocycles. The van der Waals surface area contributed by atoms with Gasteiger partial charge in [0.2, 0.25) is 11.8 Å². The molecule has 2 aromatic rings. The van der Waals surface area contributed by atoms with E-state index < -0.39 is 5.82 Å². The molecule has 0 aliphatic carbocycles. The summed E-state index contributed by atoms with van der Waals surface area (Å²) in [6.07, 6.45) is 0.126. The molecule has 1 fully saturated rings. The van der Waals surface area contributed by atoms with Crippen molar-refractivity contribution in [2.45, 2.75) is 24.0 Å². The molecule has 0 aromatic heterocycles. The zero-order chi connectivity index (χ0) is 19.4. The first-order chi connectivity index (χ1) is 13.0. The van der Waals surface area contributed by atoms with Gasteiger partial charge in [0, 0.05) is 24.2 Å². The number of rotatable bonds is 6. The second kappa shape index (κ2) is 8.43. The first-order valence-corrected chi connectivity index (χ1v) is 9.58. The Bertz CT molecular complexity index is 845. The molecule has 1 aliphatic heterocycles. The Labute approximate surface area is 161 Å². The Hall–Kier alpha value is -2.54. The molecule has 0 unspecified atom stereocenters. The number of benzene rings is 2. The number of ether oxygens (including phenoxy) is 1. The van der Waals surface area contributed by atoms with Gasteiger partial charge in [0.15, 0.2) is 0 Å². The number of anilines is 1. The van der Waals surface area contributed by atoms with Crippen molar-refractivity contribution in [2.24, 2.45) is 0 Å². The number of nitrogens with one attached hydrogen (secondary N) is 1. The number of halogens is 1. The van der Waals surface area contributed by atoms with Crippen LogP contribution >= 0.6 is 11.8 Å². The number of amides is 2. The molecule has 0 radical (unpaired) electrons. The van der Waals surface area contributed by atoms with Crippen molar-refractivity contribution >= 4 is 29.3 Å². The van der Waals surface area contributed by atoms with E-state index in [2.05, 4.69) is 5.32 Å². The number of nitrogens with zero attached hydrogens (tertiary/aromatic N) is 1. The van der Waals surface area contributed by atoms with Crippen LogP contribution in [0.5, 0.6) is 5.75 Å². The maximum atomic E-state index is 13.2. The van der Waals surface area contributed by atoms with E-state index >= 15 is 0 Å². The maximum absolute atomic E-state index is 13.2. The molecule has 0 spiro atoms. The summed E-state index contributed by atoms with van der Waals surface area (Å²) in [5.74, 6) is 0.0290. The van der Waals surface area contributed by atoms with E-state index in [0.717, 1.165) is 5.56 Å². The fourth-order valence-corrected chi connectivity index (χ4v) is 4.36. The third-order valence-corrected chi connectivity index (χ3v) is 5.72. The molecule has 1 aliphatic rings. The molecule has 0 bridgehead atoms. The lowest BCUT2D eigenvalue weighted by atomic mass is 10.1. The van der Waals surface area contributed by atoms with Crippen molar-refractivity contribution in [3.63, 3.8) is 0 Å². The number of para-hydroxylation sites is 1. The van der Waals surface area contributed by atoms with Gasteiger partial charge in [0.1, 0.15) is 16.9 Å². The molecular formula is C20H21FN2O3S. The van der Waals surface area contributed by atoms with E-state index in [-0.39, 0.29) is 35.4 Å². The fraction of sp³-hybridized carbons (Fsp3) is 0.300. The summed E-state index contributed by atoms with van der Waals surface area (Å²) in [4.78, 5) is 26.5. The van der Waals surface area contributed by atoms with Crippen molar-refractivity contribution in [3.05, 3.63) is 59.9 Å². The Morgan fingerprint density at radius 3 is 2.78 bits per heavy atom. The van der Waals surface area contributed by atoms with Gasteiger partial charge in [0.25, 0.3) is 0 Å². The van der Waals surface area contributed by atoms with Gasteiger partial charge in [-0.05, 0) is 31.2 Å².